The number of phenolic OH excluding ortho intramolecular Hbond substituents is 1. The normalized spacial score (nSPS) is 10.9. The van der Waals surface area contributed by atoms with Crippen LogP contribution in [0.3, 0.4) is 0 Å². The van der Waals surface area contributed by atoms with Crippen molar-refractivity contribution in [2.24, 2.45) is 10.8 Å². The van der Waals surface area contributed by atoms with Crippen LogP contribution in [0.1, 0.15) is 31.8 Å². The first kappa shape index (κ1) is 23.3. The number of primary amides is 1. The molecule has 0 aliphatic heterocycles. The molecule has 0 fully saturated rings. The van der Waals surface area contributed by atoms with Crippen molar-refractivity contribution in [2.75, 3.05) is 7.11 Å². The van der Waals surface area contributed by atoms with Crippen molar-refractivity contribution in [1.29, 1.82) is 0 Å². The molecule has 8 nitrogen and oxygen atoms in total. The second kappa shape index (κ2) is 10.4. The minimum Gasteiger partial charge on any atom is -0.507 e. The summed E-state index contributed by atoms with van der Waals surface area (Å²) in [5.74, 6) is -0.291. The number of carbonyl (C=O) groups is 2. The van der Waals surface area contributed by atoms with Gasteiger partial charge in [0.05, 0.1) is 24.5 Å². The number of nitrogens with one attached hydrogen (secondary N) is 1. The van der Waals surface area contributed by atoms with Crippen molar-refractivity contribution in [3.8, 4) is 17.2 Å². The highest BCUT2D eigenvalue weighted by atomic mass is 16.5. The Balaban J connectivity index is 1.50. The van der Waals surface area contributed by atoms with E-state index in [4.69, 9.17) is 15.2 Å². The molecule has 4 aromatic carbocycles. The van der Waals surface area contributed by atoms with Gasteiger partial charge >= 0.3 is 0 Å². The molecule has 0 saturated heterocycles. The summed E-state index contributed by atoms with van der Waals surface area (Å²) in [7, 11) is 1.54. The van der Waals surface area contributed by atoms with Gasteiger partial charge in [-0.1, -0.05) is 42.5 Å². The van der Waals surface area contributed by atoms with Gasteiger partial charge in [-0.3, -0.25) is 9.59 Å². The molecule has 2 amide bonds. The number of fused-ring (bicyclic) bond motifs is 1. The SMILES string of the molecule is COc1ccc(/C=N\NC(=O)c2c(O)ccc3ccccc23)cc1COc1ccccc1C(N)=O. The van der Waals surface area contributed by atoms with Crippen LogP contribution in [0.4, 0.5) is 0 Å². The fraction of sp³-hybridized carbons (Fsp3) is 0.0741. The fourth-order valence-corrected chi connectivity index (χ4v) is 3.66. The maximum Gasteiger partial charge on any atom is 0.275 e. The van der Waals surface area contributed by atoms with Gasteiger partial charge in [0.25, 0.3) is 11.8 Å². The molecule has 0 spiro atoms. The van der Waals surface area contributed by atoms with Gasteiger partial charge < -0.3 is 20.3 Å². The van der Waals surface area contributed by atoms with Crippen LogP contribution < -0.4 is 20.6 Å². The summed E-state index contributed by atoms with van der Waals surface area (Å²) in [6, 6.07) is 22.5. The van der Waals surface area contributed by atoms with E-state index in [1.54, 1.807) is 67.8 Å². The van der Waals surface area contributed by atoms with Gasteiger partial charge in [0.1, 0.15) is 23.9 Å². The van der Waals surface area contributed by atoms with E-state index in [0.717, 1.165) is 5.39 Å². The van der Waals surface area contributed by atoms with Gasteiger partial charge in [0.15, 0.2) is 0 Å². The van der Waals surface area contributed by atoms with Gasteiger partial charge in [-0.05, 0) is 52.7 Å². The van der Waals surface area contributed by atoms with Gasteiger partial charge in [-0.2, -0.15) is 5.10 Å². The zero-order chi connectivity index (χ0) is 24.8. The minimum absolute atomic E-state index is 0.116. The van der Waals surface area contributed by atoms with Gasteiger partial charge in [-0.15, -0.1) is 0 Å². The van der Waals surface area contributed by atoms with E-state index in [1.807, 2.05) is 12.1 Å². The summed E-state index contributed by atoms with van der Waals surface area (Å²) in [5, 5.41) is 15.7. The second-order valence-electron chi connectivity index (χ2n) is 7.60. The number of amides is 2. The smallest absolute Gasteiger partial charge is 0.275 e. The summed E-state index contributed by atoms with van der Waals surface area (Å²) in [4.78, 5) is 24.4. The van der Waals surface area contributed by atoms with Crippen LogP contribution in [0, 0.1) is 0 Å². The van der Waals surface area contributed by atoms with Crippen LogP contribution in [0.5, 0.6) is 17.2 Å². The van der Waals surface area contributed by atoms with E-state index < -0.39 is 11.8 Å². The molecular weight excluding hydrogens is 446 g/mol. The summed E-state index contributed by atoms with van der Waals surface area (Å²) >= 11 is 0. The number of benzene rings is 4. The third-order valence-electron chi connectivity index (χ3n) is 5.35. The van der Waals surface area contributed by atoms with Gasteiger partial charge in [0.2, 0.25) is 0 Å². The monoisotopic (exact) mass is 469 g/mol. The molecule has 0 heterocycles. The van der Waals surface area contributed by atoms with Crippen LogP contribution in [0.15, 0.2) is 84.0 Å². The lowest BCUT2D eigenvalue weighted by atomic mass is 10.0. The lowest BCUT2D eigenvalue weighted by Gasteiger charge is -2.13. The highest BCUT2D eigenvalue weighted by Gasteiger charge is 2.15. The molecule has 0 saturated carbocycles. The van der Waals surface area contributed by atoms with Gasteiger partial charge in [-0.25, -0.2) is 5.43 Å². The van der Waals surface area contributed by atoms with Crippen molar-refractivity contribution in [1.82, 2.24) is 5.43 Å². The Morgan fingerprint density at radius 2 is 1.77 bits per heavy atom. The number of methoxy groups -OCH3 is 1. The first-order valence-corrected chi connectivity index (χ1v) is 10.7. The average molecular weight is 469 g/mol. The highest BCUT2D eigenvalue weighted by Crippen LogP contribution is 2.27. The van der Waals surface area contributed by atoms with E-state index in [2.05, 4.69) is 10.5 Å². The van der Waals surface area contributed by atoms with Crippen LogP contribution in [0.25, 0.3) is 10.8 Å². The number of hydrazone groups is 1. The van der Waals surface area contributed by atoms with Crippen LogP contribution in [-0.4, -0.2) is 30.2 Å². The predicted molar refractivity (Wildman–Crippen MR) is 133 cm³/mol. The number of rotatable bonds is 8. The first-order chi connectivity index (χ1) is 17.0. The Kier molecular flexibility index (Phi) is 6.92. The molecule has 176 valence electrons. The van der Waals surface area contributed by atoms with Crippen LogP contribution in [-0.2, 0) is 6.61 Å². The number of hydrogen-bond acceptors (Lipinski definition) is 6. The molecule has 4 aromatic rings. The number of hydrogen-bond donors (Lipinski definition) is 3. The Morgan fingerprint density at radius 1 is 1.00 bits per heavy atom. The van der Waals surface area contributed by atoms with Crippen molar-refractivity contribution >= 4 is 28.8 Å². The Hall–Kier alpha value is -4.85. The maximum atomic E-state index is 12.7. The number of carbonyl (C=O) groups excluding carboxylic acids is 2. The quantitative estimate of drug-likeness (QED) is 0.266. The lowest BCUT2D eigenvalue weighted by Crippen LogP contribution is -2.18. The van der Waals surface area contributed by atoms with Crippen LogP contribution in [0.2, 0.25) is 0 Å². The molecule has 0 aliphatic carbocycles. The van der Waals surface area contributed by atoms with Crippen LogP contribution >= 0.6 is 0 Å². The molecule has 8 heteroatoms. The molecule has 0 atom stereocenters. The predicted octanol–water partition coefficient (Wildman–Crippen LogP) is 4.00. The first-order valence-electron chi connectivity index (χ1n) is 10.7. The molecule has 0 aromatic heterocycles. The maximum absolute atomic E-state index is 12.7. The van der Waals surface area contributed by atoms with E-state index in [9.17, 15) is 14.7 Å². The zero-order valence-corrected chi connectivity index (χ0v) is 18.9. The zero-order valence-electron chi connectivity index (χ0n) is 18.9. The second-order valence-corrected chi connectivity index (χ2v) is 7.60. The van der Waals surface area contributed by atoms with Crippen molar-refractivity contribution in [3.05, 3.63) is 101 Å². The molecule has 4 N–H and O–H groups in total. The molecule has 0 bridgehead atoms. The summed E-state index contributed by atoms with van der Waals surface area (Å²) in [6.07, 6.45) is 1.47. The largest absolute Gasteiger partial charge is 0.507 e. The summed E-state index contributed by atoms with van der Waals surface area (Å²) in [5.41, 5.74) is 9.69. The molecule has 35 heavy (non-hydrogen) atoms. The lowest BCUT2D eigenvalue weighted by molar-refractivity contribution is 0.0952. The average Bonchev–Trinajstić information content (AvgIpc) is 2.87. The molecule has 0 unspecified atom stereocenters. The number of ether oxygens (including phenoxy) is 2. The van der Waals surface area contributed by atoms with E-state index in [1.165, 1.54) is 12.3 Å². The standard InChI is InChI=1S/C27H23N3O5/c1-34-23-13-10-17(14-19(23)16-35-24-9-5-4-8-21(24)26(28)32)15-29-30-27(33)25-20-7-3-2-6-18(20)11-12-22(25)31/h2-15,31H,16H2,1H3,(H2,28,32)(H,30,33)/b29-15-. The number of nitrogens with two attached hydrogens (primary N) is 1. The topological polar surface area (TPSA) is 123 Å². The summed E-state index contributed by atoms with van der Waals surface area (Å²) in [6.45, 7) is 0.116. The Labute approximate surface area is 201 Å². The summed E-state index contributed by atoms with van der Waals surface area (Å²) < 4.78 is 11.2. The fourth-order valence-electron chi connectivity index (χ4n) is 3.66. The van der Waals surface area contributed by atoms with Crippen molar-refractivity contribution < 1.29 is 24.2 Å². The molecule has 0 aliphatic rings. The van der Waals surface area contributed by atoms with E-state index in [-0.39, 0.29) is 23.5 Å². The number of nitrogens with zero attached hydrogens (tertiary/aromatic N) is 1. The highest BCUT2D eigenvalue weighted by molar-refractivity contribution is 6.09. The molecule has 0 radical (unpaired) electrons. The molecule has 4 rings (SSSR count). The Morgan fingerprint density at radius 3 is 2.57 bits per heavy atom. The third kappa shape index (κ3) is 5.22. The number of para-hydroxylation sites is 1. The third-order valence-corrected chi connectivity index (χ3v) is 5.35. The minimum atomic E-state index is -0.582. The Bertz CT molecular complexity index is 1430. The van der Waals surface area contributed by atoms with E-state index >= 15 is 0 Å². The number of aromatic hydroxyl groups is 1. The molecular formula is C27H23N3O5. The van der Waals surface area contributed by atoms with E-state index in [0.29, 0.717) is 28.0 Å². The van der Waals surface area contributed by atoms with Gasteiger partial charge in [0, 0.05) is 5.56 Å². The van der Waals surface area contributed by atoms with Crippen molar-refractivity contribution in [3.63, 3.8) is 0 Å². The van der Waals surface area contributed by atoms with Crippen molar-refractivity contribution in [2.45, 2.75) is 6.61 Å². The number of phenols is 1.